The Bertz CT molecular complexity index is 330. The van der Waals surface area contributed by atoms with E-state index in [2.05, 4.69) is 32.6 Å². The zero-order valence-electron chi connectivity index (χ0n) is 10.6. The second-order valence-electron chi connectivity index (χ2n) is 4.11. The fourth-order valence-electron chi connectivity index (χ4n) is 2.12. The average Bonchev–Trinajstić information content (AvgIpc) is 2.82. The van der Waals surface area contributed by atoms with Crippen molar-refractivity contribution in [2.75, 3.05) is 13.1 Å². The molecular weight excluding hydrogens is 218 g/mol. The van der Waals surface area contributed by atoms with Crippen LogP contribution in [-0.2, 0) is 0 Å². The van der Waals surface area contributed by atoms with E-state index in [0.29, 0.717) is 0 Å². The maximum absolute atomic E-state index is 12.5. The molecule has 0 spiro atoms. The molecule has 0 saturated carbocycles. The van der Waals surface area contributed by atoms with Gasteiger partial charge >= 0.3 is 0 Å². The molecule has 90 valence electrons. The maximum atomic E-state index is 12.5. The number of likely N-dealkylation sites (N-methyl/N-ethyl adjacent to an activating group) is 1. The Morgan fingerprint density at radius 1 is 1.38 bits per heavy atom. The summed E-state index contributed by atoms with van der Waals surface area (Å²) in [6, 6.07) is 3.86. The van der Waals surface area contributed by atoms with Crippen molar-refractivity contribution in [2.45, 2.75) is 39.7 Å². The monoisotopic (exact) mass is 239 g/mol. The third-order valence-electron chi connectivity index (χ3n) is 3.38. The summed E-state index contributed by atoms with van der Waals surface area (Å²) >= 11 is 1.54. The molecule has 16 heavy (non-hydrogen) atoms. The van der Waals surface area contributed by atoms with Crippen molar-refractivity contribution >= 4 is 17.1 Å². The Kier molecular flexibility index (Phi) is 4.69. The average molecular weight is 239 g/mol. The SMILES string of the molecule is CCN(CC)C(C)(CC)C(=O)c1cccs1. The Hall–Kier alpha value is -0.670. The first kappa shape index (κ1) is 13.4. The van der Waals surface area contributed by atoms with Gasteiger partial charge in [0, 0.05) is 0 Å². The van der Waals surface area contributed by atoms with Crippen molar-refractivity contribution in [3.8, 4) is 0 Å². The van der Waals surface area contributed by atoms with Crippen LogP contribution in [-0.4, -0.2) is 29.3 Å². The van der Waals surface area contributed by atoms with E-state index < -0.39 is 0 Å². The minimum absolute atomic E-state index is 0.258. The smallest absolute Gasteiger partial charge is 0.192 e. The van der Waals surface area contributed by atoms with Gasteiger partial charge in [-0.05, 0) is 37.9 Å². The van der Waals surface area contributed by atoms with Crippen molar-refractivity contribution in [1.29, 1.82) is 0 Å². The third kappa shape index (κ3) is 2.36. The molecule has 0 aliphatic rings. The summed E-state index contributed by atoms with van der Waals surface area (Å²) in [5.74, 6) is 0.258. The summed E-state index contributed by atoms with van der Waals surface area (Å²) < 4.78 is 0. The van der Waals surface area contributed by atoms with Crippen LogP contribution in [0, 0.1) is 0 Å². The van der Waals surface area contributed by atoms with E-state index in [1.165, 1.54) is 11.3 Å². The van der Waals surface area contributed by atoms with E-state index in [4.69, 9.17) is 0 Å². The Morgan fingerprint density at radius 3 is 2.38 bits per heavy atom. The normalized spacial score (nSPS) is 15.1. The molecule has 1 atom stereocenters. The van der Waals surface area contributed by atoms with Gasteiger partial charge in [0.05, 0.1) is 10.4 Å². The molecule has 1 rings (SSSR count). The minimum Gasteiger partial charge on any atom is -0.292 e. The van der Waals surface area contributed by atoms with E-state index in [0.717, 1.165) is 24.4 Å². The van der Waals surface area contributed by atoms with E-state index in [1.807, 2.05) is 17.5 Å². The van der Waals surface area contributed by atoms with Crippen molar-refractivity contribution < 1.29 is 4.79 Å². The highest BCUT2D eigenvalue weighted by Crippen LogP contribution is 2.26. The van der Waals surface area contributed by atoms with Crippen LogP contribution in [0.25, 0.3) is 0 Å². The number of nitrogens with zero attached hydrogens (tertiary/aromatic N) is 1. The third-order valence-corrected chi connectivity index (χ3v) is 4.25. The molecule has 0 aliphatic carbocycles. The molecule has 2 nitrogen and oxygen atoms in total. The molecule has 1 aromatic heterocycles. The van der Waals surface area contributed by atoms with E-state index >= 15 is 0 Å². The molecule has 0 aromatic carbocycles. The highest BCUT2D eigenvalue weighted by molar-refractivity contribution is 7.12. The topological polar surface area (TPSA) is 20.3 Å². The van der Waals surface area contributed by atoms with Crippen LogP contribution in [0.1, 0.15) is 43.8 Å². The van der Waals surface area contributed by atoms with Gasteiger partial charge in [0.1, 0.15) is 0 Å². The van der Waals surface area contributed by atoms with Crippen molar-refractivity contribution in [2.24, 2.45) is 0 Å². The molecule has 1 unspecified atom stereocenters. The van der Waals surface area contributed by atoms with Gasteiger partial charge in [0.15, 0.2) is 5.78 Å². The fourth-order valence-corrected chi connectivity index (χ4v) is 2.91. The Morgan fingerprint density at radius 2 is 2.00 bits per heavy atom. The number of Topliss-reactive ketones (excluding diaryl/α,β-unsaturated/α-hetero) is 1. The summed E-state index contributed by atoms with van der Waals surface area (Å²) in [6.07, 6.45) is 0.853. The number of hydrogen-bond acceptors (Lipinski definition) is 3. The molecule has 0 aliphatic heterocycles. The number of ketones is 1. The van der Waals surface area contributed by atoms with Gasteiger partial charge in [0.25, 0.3) is 0 Å². The van der Waals surface area contributed by atoms with E-state index in [1.54, 1.807) is 0 Å². The molecule has 0 N–H and O–H groups in total. The number of hydrogen-bond donors (Lipinski definition) is 0. The van der Waals surface area contributed by atoms with Crippen LogP contribution in [0.2, 0.25) is 0 Å². The summed E-state index contributed by atoms with van der Waals surface area (Å²) in [5, 5.41) is 1.96. The van der Waals surface area contributed by atoms with Crippen LogP contribution >= 0.6 is 11.3 Å². The molecule has 0 bridgehead atoms. The minimum atomic E-state index is -0.353. The lowest BCUT2D eigenvalue weighted by Gasteiger charge is -2.38. The van der Waals surface area contributed by atoms with Crippen LogP contribution in [0.3, 0.4) is 0 Å². The number of carbonyl (C=O) groups excluding carboxylic acids is 1. The van der Waals surface area contributed by atoms with Crippen molar-refractivity contribution in [3.63, 3.8) is 0 Å². The lowest BCUT2D eigenvalue weighted by Crippen LogP contribution is -2.51. The lowest BCUT2D eigenvalue weighted by molar-refractivity contribution is 0.0612. The number of carbonyl (C=O) groups is 1. The van der Waals surface area contributed by atoms with Gasteiger partial charge in [-0.15, -0.1) is 11.3 Å². The van der Waals surface area contributed by atoms with E-state index in [9.17, 15) is 4.79 Å². The molecule has 1 aromatic rings. The second kappa shape index (κ2) is 5.60. The quantitative estimate of drug-likeness (QED) is 0.709. The Labute approximate surface area is 102 Å². The van der Waals surface area contributed by atoms with E-state index in [-0.39, 0.29) is 11.3 Å². The molecular formula is C13H21NOS. The largest absolute Gasteiger partial charge is 0.292 e. The second-order valence-corrected chi connectivity index (χ2v) is 5.05. The molecule has 3 heteroatoms. The maximum Gasteiger partial charge on any atom is 0.192 e. The predicted octanol–water partition coefficient (Wildman–Crippen LogP) is 3.44. The summed E-state index contributed by atoms with van der Waals surface area (Å²) in [7, 11) is 0. The van der Waals surface area contributed by atoms with Gasteiger partial charge in [-0.1, -0.05) is 26.8 Å². The lowest BCUT2D eigenvalue weighted by atomic mass is 9.90. The van der Waals surface area contributed by atoms with Gasteiger partial charge in [0.2, 0.25) is 0 Å². The predicted molar refractivity (Wildman–Crippen MR) is 70.3 cm³/mol. The van der Waals surface area contributed by atoms with Crippen LogP contribution in [0.5, 0.6) is 0 Å². The highest BCUT2D eigenvalue weighted by Gasteiger charge is 2.36. The fraction of sp³-hybridized carbons (Fsp3) is 0.615. The van der Waals surface area contributed by atoms with Crippen LogP contribution in [0.15, 0.2) is 17.5 Å². The molecule has 0 radical (unpaired) electrons. The first-order valence-electron chi connectivity index (χ1n) is 5.93. The highest BCUT2D eigenvalue weighted by atomic mass is 32.1. The van der Waals surface area contributed by atoms with Crippen molar-refractivity contribution in [1.82, 2.24) is 4.90 Å². The van der Waals surface area contributed by atoms with Crippen LogP contribution < -0.4 is 0 Å². The molecule has 1 heterocycles. The van der Waals surface area contributed by atoms with Crippen LogP contribution in [0.4, 0.5) is 0 Å². The van der Waals surface area contributed by atoms with Gasteiger partial charge in [-0.2, -0.15) is 0 Å². The molecule has 0 amide bonds. The summed E-state index contributed by atoms with van der Waals surface area (Å²) in [5.41, 5.74) is -0.353. The van der Waals surface area contributed by atoms with Crippen molar-refractivity contribution in [3.05, 3.63) is 22.4 Å². The summed E-state index contributed by atoms with van der Waals surface area (Å²) in [6.45, 7) is 10.2. The van der Waals surface area contributed by atoms with Gasteiger partial charge < -0.3 is 0 Å². The standard InChI is InChI=1S/C13H21NOS/c1-5-13(4,14(6-2)7-3)12(15)11-9-8-10-16-11/h8-10H,5-7H2,1-4H3. The first-order valence-corrected chi connectivity index (χ1v) is 6.81. The first-order chi connectivity index (χ1) is 7.60. The van der Waals surface area contributed by atoms with Gasteiger partial charge in [-0.25, -0.2) is 0 Å². The number of thiophene rings is 1. The van der Waals surface area contributed by atoms with Gasteiger partial charge in [-0.3, -0.25) is 9.69 Å². The Balaban J connectivity index is 3.00. The zero-order chi connectivity index (χ0) is 12.2. The molecule has 0 saturated heterocycles. The summed E-state index contributed by atoms with van der Waals surface area (Å²) in [4.78, 5) is 15.6. The molecule has 0 fully saturated rings. The zero-order valence-corrected chi connectivity index (χ0v) is 11.4. The number of rotatable bonds is 6.